The lowest BCUT2D eigenvalue weighted by atomic mass is 10.1. The summed E-state index contributed by atoms with van der Waals surface area (Å²) in [6.07, 6.45) is 1.88. The standard InChI is InChI=1S/C30H31ClN4O3/c1-4-38-26-12-8-11-25(17-26)35-19-27(22-9-6-5-7-10-22)32-30(35)33-28(36)20-34(18-21(2)3)29(37)23-13-15-24(31)16-14-23/h5-17,19,21H,4,18,20H2,1-3H3,(H,32,33,36). The van der Waals surface area contributed by atoms with Crippen LogP contribution >= 0.6 is 11.6 Å². The van der Waals surface area contributed by atoms with Crippen LogP contribution in [0.1, 0.15) is 31.1 Å². The monoisotopic (exact) mass is 530 g/mol. The number of amides is 2. The Hall–Kier alpha value is -4.10. The Kier molecular flexibility index (Phi) is 8.81. The molecule has 0 unspecified atom stereocenters. The molecule has 0 aliphatic rings. The number of benzene rings is 3. The van der Waals surface area contributed by atoms with Crippen molar-refractivity contribution in [3.63, 3.8) is 0 Å². The molecule has 0 radical (unpaired) electrons. The molecule has 3 aromatic carbocycles. The van der Waals surface area contributed by atoms with E-state index in [0.29, 0.717) is 41.1 Å². The minimum Gasteiger partial charge on any atom is -0.494 e. The van der Waals surface area contributed by atoms with Gasteiger partial charge < -0.3 is 9.64 Å². The van der Waals surface area contributed by atoms with Crippen molar-refractivity contribution < 1.29 is 14.3 Å². The zero-order valence-corrected chi connectivity index (χ0v) is 22.5. The third-order valence-corrected chi connectivity index (χ3v) is 5.98. The van der Waals surface area contributed by atoms with Crippen molar-refractivity contribution in [1.82, 2.24) is 14.5 Å². The number of hydrogen-bond acceptors (Lipinski definition) is 4. The van der Waals surface area contributed by atoms with Crippen molar-refractivity contribution in [3.05, 3.63) is 95.6 Å². The van der Waals surface area contributed by atoms with Crippen molar-refractivity contribution in [2.24, 2.45) is 5.92 Å². The average Bonchev–Trinajstić information content (AvgIpc) is 3.32. The molecule has 1 N–H and O–H groups in total. The molecule has 1 heterocycles. The van der Waals surface area contributed by atoms with Crippen molar-refractivity contribution in [1.29, 1.82) is 0 Å². The molecule has 8 heteroatoms. The van der Waals surface area contributed by atoms with Crippen molar-refractivity contribution in [2.45, 2.75) is 20.8 Å². The highest BCUT2D eigenvalue weighted by atomic mass is 35.5. The predicted octanol–water partition coefficient (Wildman–Crippen LogP) is 6.33. The van der Waals surface area contributed by atoms with Crippen molar-refractivity contribution in [2.75, 3.05) is 25.0 Å². The van der Waals surface area contributed by atoms with Crippen molar-refractivity contribution >= 4 is 29.4 Å². The number of halogens is 1. The highest BCUT2D eigenvalue weighted by Gasteiger charge is 2.22. The lowest BCUT2D eigenvalue weighted by molar-refractivity contribution is -0.117. The molecular formula is C30H31ClN4O3. The fourth-order valence-corrected chi connectivity index (χ4v) is 4.20. The van der Waals surface area contributed by atoms with E-state index >= 15 is 0 Å². The van der Waals surface area contributed by atoms with E-state index in [-0.39, 0.29) is 24.3 Å². The van der Waals surface area contributed by atoms with E-state index in [1.807, 2.05) is 86.1 Å². The quantitative estimate of drug-likeness (QED) is 0.260. The Bertz CT molecular complexity index is 1380. The van der Waals surface area contributed by atoms with Gasteiger partial charge in [-0.25, -0.2) is 4.98 Å². The molecule has 0 aliphatic heterocycles. The second-order valence-corrected chi connectivity index (χ2v) is 9.69. The topological polar surface area (TPSA) is 76.5 Å². The number of imidazole rings is 1. The second-order valence-electron chi connectivity index (χ2n) is 9.25. The first-order chi connectivity index (χ1) is 18.3. The zero-order valence-electron chi connectivity index (χ0n) is 21.7. The van der Waals surface area contributed by atoms with Gasteiger partial charge in [-0.15, -0.1) is 0 Å². The lowest BCUT2D eigenvalue weighted by Crippen LogP contribution is -2.40. The Morgan fingerprint density at radius 2 is 1.76 bits per heavy atom. The SMILES string of the molecule is CCOc1cccc(-n2cc(-c3ccccc3)nc2NC(=O)CN(CC(C)C)C(=O)c2ccc(Cl)cc2)c1. The number of carbonyl (C=O) groups is 2. The van der Waals surface area contributed by atoms with Gasteiger partial charge in [0.1, 0.15) is 12.3 Å². The first kappa shape index (κ1) is 26.9. The molecule has 4 aromatic rings. The van der Waals surface area contributed by atoms with Gasteiger partial charge in [0.2, 0.25) is 11.9 Å². The summed E-state index contributed by atoms with van der Waals surface area (Å²) in [7, 11) is 0. The Balaban J connectivity index is 1.62. The van der Waals surface area contributed by atoms with Crippen molar-refractivity contribution in [3.8, 4) is 22.7 Å². The van der Waals surface area contributed by atoms with E-state index in [1.165, 1.54) is 0 Å². The van der Waals surface area contributed by atoms with Crippen LogP contribution in [0.4, 0.5) is 5.95 Å². The summed E-state index contributed by atoms with van der Waals surface area (Å²) in [4.78, 5) is 32.8. The Morgan fingerprint density at radius 3 is 2.45 bits per heavy atom. The van der Waals surface area contributed by atoms with E-state index in [2.05, 4.69) is 5.32 Å². The van der Waals surface area contributed by atoms with Gasteiger partial charge in [0.15, 0.2) is 0 Å². The van der Waals surface area contributed by atoms with Gasteiger partial charge in [-0.3, -0.25) is 19.5 Å². The van der Waals surface area contributed by atoms with Gasteiger partial charge in [-0.2, -0.15) is 0 Å². The van der Waals surface area contributed by atoms with Crippen LogP contribution in [0.25, 0.3) is 16.9 Å². The van der Waals surface area contributed by atoms with Gasteiger partial charge >= 0.3 is 0 Å². The van der Waals surface area contributed by atoms with Crippen LogP contribution in [0.15, 0.2) is 85.1 Å². The van der Waals surface area contributed by atoms with Gasteiger partial charge in [-0.05, 0) is 49.2 Å². The molecule has 1 aromatic heterocycles. The summed E-state index contributed by atoms with van der Waals surface area (Å²) >= 11 is 5.99. The molecule has 196 valence electrons. The van der Waals surface area contributed by atoms with Crippen LogP contribution < -0.4 is 10.1 Å². The number of rotatable bonds is 10. The molecule has 0 aliphatic carbocycles. The fourth-order valence-electron chi connectivity index (χ4n) is 4.08. The summed E-state index contributed by atoms with van der Waals surface area (Å²) in [5, 5.41) is 3.47. The van der Waals surface area contributed by atoms with Crippen LogP contribution in [0, 0.1) is 5.92 Å². The number of ether oxygens (including phenoxy) is 1. The van der Waals surface area contributed by atoms with Crippen LogP contribution in [-0.4, -0.2) is 46.0 Å². The number of aromatic nitrogens is 2. The Labute approximate surface area is 228 Å². The first-order valence-electron chi connectivity index (χ1n) is 12.6. The number of nitrogens with one attached hydrogen (secondary N) is 1. The fraction of sp³-hybridized carbons (Fsp3) is 0.233. The number of hydrogen-bond donors (Lipinski definition) is 1. The third kappa shape index (κ3) is 6.81. The van der Waals surface area contributed by atoms with E-state index in [1.54, 1.807) is 29.2 Å². The summed E-state index contributed by atoms with van der Waals surface area (Å²) in [6.45, 7) is 6.78. The molecule has 38 heavy (non-hydrogen) atoms. The van der Waals surface area contributed by atoms with Gasteiger partial charge in [0, 0.05) is 35.0 Å². The van der Waals surface area contributed by atoms with Crippen LogP contribution in [-0.2, 0) is 4.79 Å². The lowest BCUT2D eigenvalue weighted by Gasteiger charge is -2.24. The molecule has 0 saturated heterocycles. The summed E-state index contributed by atoms with van der Waals surface area (Å²) in [5.41, 5.74) is 2.89. The van der Waals surface area contributed by atoms with Gasteiger partial charge in [0.05, 0.1) is 18.0 Å². The molecule has 0 bridgehead atoms. The normalized spacial score (nSPS) is 10.9. The zero-order chi connectivity index (χ0) is 27.1. The smallest absolute Gasteiger partial charge is 0.254 e. The predicted molar refractivity (Wildman–Crippen MR) is 151 cm³/mol. The summed E-state index contributed by atoms with van der Waals surface area (Å²) < 4.78 is 7.49. The van der Waals surface area contributed by atoms with E-state index < -0.39 is 0 Å². The maximum atomic E-state index is 13.3. The molecule has 2 amide bonds. The molecule has 0 fully saturated rings. The molecule has 0 saturated carbocycles. The molecule has 4 rings (SSSR count). The van der Waals surface area contributed by atoms with E-state index in [0.717, 1.165) is 11.3 Å². The maximum absolute atomic E-state index is 13.3. The largest absolute Gasteiger partial charge is 0.494 e. The van der Waals surface area contributed by atoms with Crippen LogP contribution in [0.5, 0.6) is 5.75 Å². The highest BCUT2D eigenvalue weighted by Crippen LogP contribution is 2.26. The maximum Gasteiger partial charge on any atom is 0.254 e. The van der Waals surface area contributed by atoms with E-state index in [4.69, 9.17) is 21.3 Å². The minimum atomic E-state index is -0.347. The third-order valence-electron chi connectivity index (χ3n) is 5.73. The molecule has 7 nitrogen and oxygen atoms in total. The summed E-state index contributed by atoms with van der Waals surface area (Å²) in [6, 6.07) is 24.0. The number of carbonyl (C=O) groups excluding carboxylic acids is 2. The number of nitrogens with zero attached hydrogens (tertiary/aromatic N) is 3. The van der Waals surface area contributed by atoms with Crippen LogP contribution in [0.2, 0.25) is 5.02 Å². The summed E-state index contributed by atoms with van der Waals surface area (Å²) in [5.74, 6) is 0.663. The Morgan fingerprint density at radius 1 is 1.03 bits per heavy atom. The molecular weight excluding hydrogens is 500 g/mol. The van der Waals surface area contributed by atoms with Crippen LogP contribution in [0.3, 0.4) is 0 Å². The molecule has 0 spiro atoms. The van der Waals surface area contributed by atoms with Gasteiger partial charge in [-0.1, -0.05) is 61.8 Å². The average molecular weight is 531 g/mol. The minimum absolute atomic E-state index is 0.119. The highest BCUT2D eigenvalue weighted by molar-refractivity contribution is 6.30. The second kappa shape index (κ2) is 12.4. The first-order valence-corrected chi connectivity index (χ1v) is 12.9. The molecule has 0 atom stereocenters. The van der Waals surface area contributed by atoms with Gasteiger partial charge in [0.25, 0.3) is 5.91 Å². The number of anilines is 1. The van der Waals surface area contributed by atoms with E-state index in [9.17, 15) is 9.59 Å².